The van der Waals surface area contributed by atoms with Crippen molar-refractivity contribution >= 4 is 28.3 Å². The van der Waals surface area contributed by atoms with Gasteiger partial charge in [0.15, 0.2) is 0 Å². The molecule has 7 heteroatoms. The lowest BCUT2D eigenvalue weighted by Gasteiger charge is -2.19. The van der Waals surface area contributed by atoms with Gasteiger partial charge in [-0.25, -0.2) is 0 Å². The SMILES string of the molecule is CC[C@@H](C(=O)N[C@H](C)C(=O)Nc1nnc(-c2ccc(C)cc2)s1)c1ccccc1. The summed E-state index contributed by atoms with van der Waals surface area (Å²) in [6.45, 7) is 5.63. The molecule has 0 spiro atoms. The van der Waals surface area contributed by atoms with Gasteiger partial charge in [0, 0.05) is 5.56 Å². The molecule has 2 N–H and O–H groups in total. The first-order chi connectivity index (χ1) is 14.0. The second-order valence-electron chi connectivity index (χ2n) is 6.87. The summed E-state index contributed by atoms with van der Waals surface area (Å²) in [7, 11) is 0. The molecular formula is C22H24N4O2S. The van der Waals surface area contributed by atoms with Crippen LogP contribution >= 0.6 is 11.3 Å². The molecule has 0 aliphatic rings. The van der Waals surface area contributed by atoms with Gasteiger partial charge >= 0.3 is 0 Å². The van der Waals surface area contributed by atoms with Crippen molar-refractivity contribution in [2.75, 3.05) is 5.32 Å². The third-order valence-electron chi connectivity index (χ3n) is 4.63. The van der Waals surface area contributed by atoms with Crippen molar-refractivity contribution in [1.29, 1.82) is 0 Å². The number of aromatic nitrogens is 2. The summed E-state index contributed by atoms with van der Waals surface area (Å²) >= 11 is 1.30. The van der Waals surface area contributed by atoms with Gasteiger partial charge in [0.05, 0.1) is 5.92 Å². The molecule has 2 atom stereocenters. The Bertz CT molecular complexity index is 970. The Kier molecular flexibility index (Phi) is 6.72. The Balaban J connectivity index is 1.60. The zero-order chi connectivity index (χ0) is 20.8. The minimum absolute atomic E-state index is 0.168. The van der Waals surface area contributed by atoms with E-state index in [1.54, 1.807) is 6.92 Å². The Morgan fingerprint density at radius 2 is 1.69 bits per heavy atom. The normalized spacial score (nSPS) is 12.8. The van der Waals surface area contributed by atoms with Crippen LogP contribution in [0, 0.1) is 6.92 Å². The summed E-state index contributed by atoms with van der Waals surface area (Å²) < 4.78 is 0. The molecule has 0 fully saturated rings. The van der Waals surface area contributed by atoms with Crippen LogP contribution in [0.4, 0.5) is 5.13 Å². The molecule has 0 aliphatic carbocycles. The van der Waals surface area contributed by atoms with Crippen molar-refractivity contribution in [2.45, 2.75) is 39.2 Å². The Morgan fingerprint density at radius 3 is 2.34 bits per heavy atom. The second kappa shape index (κ2) is 9.43. The number of aryl methyl sites for hydroxylation is 1. The van der Waals surface area contributed by atoms with Crippen molar-refractivity contribution < 1.29 is 9.59 Å². The van der Waals surface area contributed by atoms with Crippen LogP contribution < -0.4 is 10.6 Å². The summed E-state index contributed by atoms with van der Waals surface area (Å²) in [5.41, 5.74) is 3.05. The largest absolute Gasteiger partial charge is 0.344 e. The maximum absolute atomic E-state index is 12.6. The molecule has 0 aliphatic heterocycles. The van der Waals surface area contributed by atoms with Gasteiger partial charge in [-0.05, 0) is 25.8 Å². The first-order valence-corrected chi connectivity index (χ1v) is 10.4. The van der Waals surface area contributed by atoms with E-state index in [-0.39, 0.29) is 17.7 Å². The summed E-state index contributed by atoms with van der Waals surface area (Å²) in [6.07, 6.45) is 0.653. The lowest BCUT2D eigenvalue weighted by Crippen LogP contribution is -2.43. The number of rotatable bonds is 7. The molecule has 6 nitrogen and oxygen atoms in total. The number of carbonyl (C=O) groups is 2. The van der Waals surface area contributed by atoms with Gasteiger partial charge in [-0.3, -0.25) is 14.9 Å². The topological polar surface area (TPSA) is 84.0 Å². The maximum Gasteiger partial charge on any atom is 0.248 e. The van der Waals surface area contributed by atoms with Gasteiger partial charge in [-0.15, -0.1) is 10.2 Å². The molecule has 3 aromatic rings. The number of carbonyl (C=O) groups excluding carboxylic acids is 2. The number of hydrogen-bond acceptors (Lipinski definition) is 5. The lowest BCUT2D eigenvalue weighted by atomic mass is 9.95. The fraction of sp³-hybridized carbons (Fsp3) is 0.273. The van der Waals surface area contributed by atoms with Gasteiger partial charge < -0.3 is 5.32 Å². The molecule has 29 heavy (non-hydrogen) atoms. The predicted octanol–water partition coefficient (Wildman–Crippen LogP) is 4.15. The number of hydrogen-bond donors (Lipinski definition) is 2. The number of benzene rings is 2. The fourth-order valence-corrected chi connectivity index (χ4v) is 3.69. The average molecular weight is 409 g/mol. The van der Waals surface area contributed by atoms with E-state index in [4.69, 9.17) is 0 Å². The molecule has 0 saturated carbocycles. The first kappa shape index (κ1) is 20.7. The quantitative estimate of drug-likeness (QED) is 0.615. The average Bonchev–Trinajstić information content (AvgIpc) is 3.18. The van der Waals surface area contributed by atoms with Crippen LogP contribution in [0.3, 0.4) is 0 Å². The summed E-state index contributed by atoms with van der Waals surface area (Å²) in [6, 6.07) is 16.8. The highest BCUT2D eigenvalue weighted by atomic mass is 32.1. The Morgan fingerprint density at radius 1 is 1.00 bits per heavy atom. The molecule has 3 rings (SSSR count). The van der Waals surface area contributed by atoms with Gasteiger partial charge in [0.1, 0.15) is 11.0 Å². The van der Waals surface area contributed by atoms with E-state index >= 15 is 0 Å². The minimum atomic E-state index is -0.688. The molecule has 2 amide bonds. The Hall–Kier alpha value is -3.06. The van der Waals surface area contributed by atoms with Gasteiger partial charge in [0.25, 0.3) is 0 Å². The second-order valence-corrected chi connectivity index (χ2v) is 7.85. The van der Waals surface area contributed by atoms with Gasteiger partial charge in [-0.1, -0.05) is 78.4 Å². The van der Waals surface area contributed by atoms with Crippen LogP contribution in [0.5, 0.6) is 0 Å². The van der Waals surface area contributed by atoms with E-state index in [0.29, 0.717) is 11.6 Å². The molecule has 1 aromatic heterocycles. The van der Waals surface area contributed by atoms with Gasteiger partial charge in [0.2, 0.25) is 16.9 Å². The highest BCUT2D eigenvalue weighted by Gasteiger charge is 2.23. The van der Waals surface area contributed by atoms with Gasteiger partial charge in [-0.2, -0.15) is 0 Å². The van der Waals surface area contributed by atoms with E-state index < -0.39 is 6.04 Å². The molecule has 1 heterocycles. The summed E-state index contributed by atoms with van der Waals surface area (Å²) in [5.74, 6) is -0.784. The monoisotopic (exact) mass is 408 g/mol. The molecular weight excluding hydrogens is 384 g/mol. The molecule has 0 bridgehead atoms. The Labute approximate surface area is 174 Å². The molecule has 2 aromatic carbocycles. The lowest BCUT2D eigenvalue weighted by molar-refractivity contribution is -0.127. The standard InChI is InChI=1S/C22H24N4O2S/c1-4-18(16-8-6-5-7-9-16)20(28)23-15(3)19(27)24-22-26-25-21(29-22)17-12-10-14(2)11-13-17/h5-13,15,18H,4H2,1-3H3,(H,23,28)(H,24,26,27)/t15-,18-/m1/s1. The maximum atomic E-state index is 12.6. The number of anilines is 1. The predicted molar refractivity (Wildman–Crippen MR) is 116 cm³/mol. The molecule has 0 radical (unpaired) electrons. The zero-order valence-corrected chi connectivity index (χ0v) is 17.5. The third kappa shape index (κ3) is 5.26. The smallest absolute Gasteiger partial charge is 0.248 e. The molecule has 150 valence electrons. The van der Waals surface area contributed by atoms with Crippen molar-refractivity contribution in [1.82, 2.24) is 15.5 Å². The van der Waals surface area contributed by atoms with Crippen molar-refractivity contribution in [3.63, 3.8) is 0 Å². The summed E-state index contributed by atoms with van der Waals surface area (Å²) in [4.78, 5) is 25.1. The first-order valence-electron chi connectivity index (χ1n) is 9.54. The van der Waals surface area contributed by atoms with E-state index in [1.165, 1.54) is 11.3 Å². The minimum Gasteiger partial charge on any atom is -0.344 e. The number of amides is 2. The highest BCUT2D eigenvalue weighted by Crippen LogP contribution is 2.26. The molecule has 0 saturated heterocycles. The number of nitrogens with one attached hydrogen (secondary N) is 2. The van der Waals surface area contributed by atoms with Crippen molar-refractivity contribution in [3.05, 3.63) is 65.7 Å². The van der Waals surface area contributed by atoms with E-state index in [2.05, 4.69) is 20.8 Å². The van der Waals surface area contributed by atoms with Crippen LogP contribution in [0.1, 0.15) is 37.3 Å². The van der Waals surface area contributed by atoms with E-state index in [9.17, 15) is 9.59 Å². The van der Waals surface area contributed by atoms with Crippen molar-refractivity contribution in [2.24, 2.45) is 0 Å². The third-order valence-corrected chi connectivity index (χ3v) is 5.52. The van der Waals surface area contributed by atoms with Crippen LogP contribution in [0.15, 0.2) is 54.6 Å². The van der Waals surface area contributed by atoms with E-state index in [1.807, 2.05) is 68.4 Å². The van der Waals surface area contributed by atoms with Crippen LogP contribution in [0.2, 0.25) is 0 Å². The van der Waals surface area contributed by atoms with E-state index in [0.717, 1.165) is 21.7 Å². The fourth-order valence-electron chi connectivity index (χ4n) is 2.94. The van der Waals surface area contributed by atoms with Crippen LogP contribution in [0.25, 0.3) is 10.6 Å². The van der Waals surface area contributed by atoms with Crippen LogP contribution in [-0.4, -0.2) is 28.1 Å². The van der Waals surface area contributed by atoms with Crippen LogP contribution in [-0.2, 0) is 9.59 Å². The van der Waals surface area contributed by atoms with Crippen molar-refractivity contribution in [3.8, 4) is 10.6 Å². The molecule has 0 unspecified atom stereocenters. The summed E-state index contributed by atoms with van der Waals surface area (Å²) in [5, 5.41) is 14.8. The zero-order valence-electron chi connectivity index (χ0n) is 16.7. The number of nitrogens with zero attached hydrogens (tertiary/aromatic N) is 2. The highest BCUT2D eigenvalue weighted by molar-refractivity contribution is 7.18.